The summed E-state index contributed by atoms with van der Waals surface area (Å²) in [6.45, 7) is 22.3. The minimum atomic E-state index is -0.225. The van der Waals surface area contributed by atoms with Gasteiger partial charge >= 0.3 is 0 Å². The van der Waals surface area contributed by atoms with Crippen LogP contribution in [0.1, 0.15) is 88.5 Å². The van der Waals surface area contributed by atoms with Gasteiger partial charge in [-0.05, 0) is 73.1 Å². The van der Waals surface area contributed by atoms with Crippen LogP contribution in [-0.4, -0.2) is 29.5 Å². The molecule has 0 fully saturated rings. The van der Waals surface area contributed by atoms with Crippen molar-refractivity contribution in [3.8, 4) is 0 Å². The van der Waals surface area contributed by atoms with E-state index in [-0.39, 0.29) is 28.3 Å². The number of ether oxygens (including phenoxy) is 2. The molecular formula is C19H41NO2. The lowest BCUT2D eigenvalue weighted by Crippen LogP contribution is -2.47. The zero-order valence-corrected chi connectivity index (χ0v) is 16.8. The van der Waals surface area contributed by atoms with Crippen LogP contribution < -0.4 is 5.73 Å². The molecule has 0 spiro atoms. The first-order valence-electron chi connectivity index (χ1n) is 8.72. The summed E-state index contributed by atoms with van der Waals surface area (Å²) >= 11 is 0. The van der Waals surface area contributed by atoms with Crippen molar-refractivity contribution in [3.05, 3.63) is 0 Å². The van der Waals surface area contributed by atoms with Gasteiger partial charge in [0, 0.05) is 12.1 Å². The second-order valence-corrected chi connectivity index (χ2v) is 9.25. The maximum Gasteiger partial charge on any atom is 0.0681 e. The first kappa shape index (κ1) is 21.9. The summed E-state index contributed by atoms with van der Waals surface area (Å²) in [7, 11) is 0. The molecule has 0 aromatic rings. The second-order valence-electron chi connectivity index (χ2n) is 9.25. The Labute approximate surface area is 139 Å². The first-order chi connectivity index (χ1) is 9.62. The summed E-state index contributed by atoms with van der Waals surface area (Å²) in [6, 6.07) is 0. The van der Waals surface area contributed by atoms with Crippen molar-refractivity contribution in [1.82, 2.24) is 0 Å². The Morgan fingerprint density at radius 3 is 1.86 bits per heavy atom. The highest BCUT2D eigenvalue weighted by molar-refractivity contribution is 4.90. The molecule has 0 aliphatic heterocycles. The Bertz CT molecular complexity index is 327. The highest BCUT2D eigenvalue weighted by atomic mass is 16.5. The molecule has 0 bridgehead atoms. The van der Waals surface area contributed by atoms with Crippen LogP contribution >= 0.6 is 0 Å². The molecule has 0 radical (unpaired) electrons. The standard InChI is InChI=1S/C19H41NO2/c1-11-19(10,20)14-15(2)22-18(8,9)17(6,7)12-13-21-16(3,4)5/h15H,11-14,20H2,1-10H3. The van der Waals surface area contributed by atoms with E-state index in [9.17, 15) is 0 Å². The van der Waals surface area contributed by atoms with Crippen LogP contribution in [0.15, 0.2) is 0 Å². The summed E-state index contributed by atoms with van der Waals surface area (Å²) < 4.78 is 12.3. The van der Waals surface area contributed by atoms with Gasteiger partial charge in [0.2, 0.25) is 0 Å². The van der Waals surface area contributed by atoms with Crippen molar-refractivity contribution < 1.29 is 9.47 Å². The van der Waals surface area contributed by atoms with E-state index in [4.69, 9.17) is 15.2 Å². The summed E-state index contributed by atoms with van der Waals surface area (Å²) in [6.07, 6.45) is 2.95. The van der Waals surface area contributed by atoms with E-state index in [1.807, 2.05) is 0 Å². The van der Waals surface area contributed by atoms with Crippen LogP contribution in [0.4, 0.5) is 0 Å². The fourth-order valence-electron chi connectivity index (χ4n) is 2.42. The lowest BCUT2D eigenvalue weighted by atomic mass is 9.74. The number of hydrogen-bond donors (Lipinski definition) is 1. The van der Waals surface area contributed by atoms with Gasteiger partial charge in [-0.15, -0.1) is 0 Å². The van der Waals surface area contributed by atoms with Gasteiger partial charge in [-0.2, -0.15) is 0 Å². The Morgan fingerprint density at radius 1 is 0.955 bits per heavy atom. The zero-order chi connectivity index (χ0) is 17.8. The van der Waals surface area contributed by atoms with Crippen molar-refractivity contribution in [2.24, 2.45) is 11.1 Å². The topological polar surface area (TPSA) is 44.5 Å². The fraction of sp³-hybridized carbons (Fsp3) is 1.00. The van der Waals surface area contributed by atoms with Crippen LogP contribution in [0.25, 0.3) is 0 Å². The van der Waals surface area contributed by atoms with Gasteiger partial charge in [-0.25, -0.2) is 0 Å². The van der Waals surface area contributed by atoms with Crippen molar-refractivity contribution in [3.63, 3.8) is 0 Å². The second kappa shape index (κ2) is 7.63. The molecular weight excluding hydrogens is 274 g/mol. The van der Waals surface area contributed by atoms with E-state index in [1.165, 1.54) is 0 Å². The molecule has 0 heterocycles. The SMILES string of the molecule is CCC(C)(N)CC(C)OC(C)(C)C(C)(C)CCOC(C)(C)C. The van der Waals surface area contributed by atoms with Crippen LogP contribution in [0, 0.1) is 5.41 Å². The maximum absolute atomic E-state index is 6.39. The van der Waals surface area contributed by atoms with Crippen LogP contribution in [0.3, 0.4) is 0 Å². The van der Waals surface area contributed by atoms with Crippen molar-refractivity contribution in [1.29, 1.82) is 0 Å². The highest BCUT2D eigenvalue weighted by Crippen LogP contribution is 2.39. The fourth-order valence-corrected chi connectivity index (χ4v) is 2.42. The average Bonchev–Trinajstić information content (AvgIpc) is 2.24. The predicted molar refractivity (Wildman–Crippen MR) is 96.2 cm³/mol. The van der Waals surface area contributed by atoms with E-state index < -0.39 is 0 Å². The molecule has 0 aromatic carbocycles. The van der Waals surface area contributed by atoms with Gasteiger partial charge in [0.25, 0.3) is 0 Å². The molecule has 22 heavy (non-hydrogen) atoms. The summed E-state index contributed by atoms with van der Waals surface area (Å²) in [5, 5.41) is 0. The van der Waals surface area contributed by atoms with Gasteiger partial charge in [-0.3, -0.25) is 0 Å². The smallest absolute Gasteiger partial charge is 0.0681 e. The quantitative estimate of drug-likeness (QED) is 0.657. The first-order valence-corrected chi connectivity index (χ1v) is 8.72. The molecule has 0 saturated carbocycles. The Kier molecular flexibility index (Phi) is 7.59. The average molecular weight is 316 g/mol. The third kappa shape index (κ3) is 7.94. The molecule has 2 unspecified atom stereocenters. The Morgan fingerprint density at radius 2 is 1.45 bits per heavy atom. The monoisotopic (exact) mass is 315 g/mol. The summed E-state index contributed by atoms with van der Waals surface area (Å²) in [5.41, 5.74) is 5.84. The molecule has 0 aliphatic rings. The molecule has 0 rings (SSSR count). The molecule has 2 atom stereocenters. The minimum Gasteiger partial charge on any atom is -0.376 e. The third-order valence-corrected chi connectivity index (χ3v) is 4.95. The summed E-state index contributed by atoms with van der Waals surface area (Å²) in [4.78, 5) is 0. The normalized spacial score (nSPS) is 18.1. The molecule has 0 aliphatic carbocycles. The van der Waals surface area contributed by atoms with Crippen molar-refractivity contribution in [2.45, 2.75) is 111 Å². The van der Waals surface area contributed by atoms with E-state index in [0.29, 0.717) is 0 Å². The summed E-state index contributed by atoms with van der Waals surface area (Å²) in [5.74, 6) is 0. The Hall–Kier alpha value is -0.120. The van der Waals surface area contributed by atoms with E-state index in [2.05, 4.69) is 69.2 Å². The van der Waals surface area contributed by atoms with Crippen molar-refractivity contribution in [2.75, 3.05) is 6.61 Å². The minimum absolute atomic E-state index is 0.0315. The van der Waals surface area contributed by atoms with Crippen molar-refractivity contribution >= 4 is 0 Å². The lowest BCUT2D eigenvalue weighted by Gasteiger charge is -2.44. The zero-order valence-electron chi connectivity index (χ0n) is 16.8. The van der Waals surface area contributed by atoms with Gasteiger partial charge in [-0.1, -0.05) is 20.8 Å². The maximum atomic E-state index is 6.39. The van der Waals surface area contributed by atoms with E-state index in [1.54, 1.807) is 0 Å². The molecule has 3 heteroatoms. The van der Waals surface area contributed by atoms with Gasteiger partial charge in [0.05, 0.1) is 17.3 Å². The molecule has 0 aromatic heterocycles. The van der Waals surface area contributed by atoms with Gasteiger partial charge < -0.3 is 15.2 Å². The Balaban J connectivity index is 4.62. The van der Waals surface area contributed by atoms with Crippen LogP contribution in [0.2, 0.25) is 0 Å². The molecule has 2 N–H and O–H groups in total. The largest absolute Gasteiger partial charge is 0.376 e. The number of hydrogen-bond acceptors (Lipinski definition) is 3. The highest BCUT2D eigenvalue weighted by Gasteiger charge is 2.39. The van der Waals surface area contributed by atoms with Gasteiger partial charge in [0.15, 0.2) is 0 Å². The van der Waals surface area contributed by atoms with Gasteiger partial charge in [0.1, 0.15) is 0 Å². The van der Waals surface area contributed by atoms with E-state index >= 15 is 0 Å². The molecule has 3 nitrogen and oxygen atoms in total. The van der Waals surface area contributed by atoms with E-state index in [0.717, 1.165) is 25.9 Å². The van der Waals surface area contributed by atoms with Crippen LogP contribution in [-0.2, 0) is 9.47 Å². The third-order valence-electron chi connectivity index (χ3n) is 4.95. The molecule has 0 amide bonds. The number of nitrogens with two attached hydrogens (primary N) is 1. The lowest BCUT2D eigenvalue weighted by molar-refractivity contribution is -0.146. The molecule has 134 valence electrons. The van der Waals surface area contributed by atoms with Crippen LogP contribution in [0.5, 0.6) is 0 Å². The predicted octanol–water partition coefficient (Wildman–Crippen LogP) is 4.92. The molecule has 0 saturated heterocycles. The number of rotatable bonds is 9.